The number of hydrogen-bond donors (Lipinski definition) is 0. The summed E-state index contributed by atoms with van der Waals surface area (Å²) in [4.78, 5) is 11.4. The third kappa shape index (κ3) is 3.38. The highest BCUT2D eigenvalue weighted by Gasteiger charge is 2.07. The normalized spacial score (nSPS) is 10.3. The Morgan fingerprint density at radius 2 is 1.86 bits per heavy atom. The summed E-state index contributed by atoms with van der Waals surface area (Å²) in [5.74, 6) is 0.746. The monoisotopic (exact) mass is 211 g/mol. The Bertz CT molecular complexity index is 304. The van der Waals surface area contributed by atoms with Gasteiger partial charge in [0.1, 0.15) is 0 Å². The molecule has 0 N–H and O–H groups in total. The van der Waals surface area contributed by atoms with E-state index in [0.29, 0.717) is 17.2 Å². The molecule has 0 heterocycles. The van der Waals surface area contributed by atoms with Gasteiger partial charge in [-0.2, -0.15) is 0 Å². The SMILES string of the molecule is C[C](C)COC(=O)c1ccc(Cl)cc1. The minimum absolute atomic E-state index is 0.317. The number of ether oxygens (including phenoxy) is 1. The Labute approximate surface area is 88.8 Å². The first-order chi connectivity index (χ1) is 6.59. The summed E-state index contributed by atoms with van der Waals surface area (Å²) >= 11 is 5.69. The van der Waals surface area contributed by atoms with Crippen molar-refractivity contribution < 1.29 is 9.53 Å². The van der Waals surface area contributed by atoms with Crippen molar-refractivity contribution in [3.63, 3.8) is 0 Å². The van der Waals surface area contributed by atoms with Crippen LogP contribution in [0.25, 0.3) is 0 Å². The van der Waals surface area contributed by atoms with Gasteiger partial charge in [-0.25, -0.2) is 4.79 Å². The molecule has 2 nitrogen and oxygen atoms in total. The Kier molecular flexibility index (Phi) is 3.96. The average molecular weight is 212 g/mol. The summed E-state index contributed by atoms with van der Waals surface area (Å²) in [7, 11) is 0. The Hall–Kier alpha value is -1.02. The van der Waals surface area contributed by atoms with E-state index in [9.17, 15) is 4.79 Å². The van der Waals surface area contributed by atoms with Crippen LogP contribution in [0.2, 0.25) is 5.02 Å². The van der Waals surface area contributed by atoms with Crippen LogP contribution in [0, 0.1) is 5.92 Å². The molecule has 0 spiro atoms. The number of esters is 1. The summed E-state index contributed by atoms with van der Waals surface area (Å²) in [6, 6.07) is 6.63. The van der Waals surface area contributed by atoms with Gasteiger partial charge in [-0.05, 0) is 24.3 Å². The molecule has 75 valence electrons. The largest absolute Gasteiger partial charge is 0.462 e. The highest BCUT2D eigenvalue weighted by molar-refractivity contribution is 6.30. The predicted octanol–water partition coefficient (Wildman–Crippen LogP) is 3.11. The van der Waals surface area contributed by atoms with Gasteiger partial charge in [-0.1, -0.05) is 25.4 Å². The highest BCUT2D eigenvalue weighted by Crippen LogP contribution is 2.10. The van der Waals surface area contributed by atoms with E-state index >= 15 is 0 Å². The van der Waals surface area contributed by atoms with Gasteiger partial charge in [-0.15, -0.1) is 0 Å². The number of carbonyl (C=O) groups is 1. The van der Waals surface area contributed by atoms with Crippen molar-refractivity contribution in [1.29, 1.82) is 0 Å². The second-order valence-electron chi connectivity index (χ2n) is 3.29. The van der Waals surface area contributed by atoms with Crippen molar-refractivity contribution in [2.24, 2.45) is 0 Å². The second-order valence-corrected chi connectivity index (χ2v) is 3.73. The van der Waals surface area contributed by atoms with E-state index in [4.69, 9.17) is 16.3 Å². The maximum atomic E-state index is 11.4. The molecule has 0 atom stereocenters. The van der Waals surface area contributed by atoms with Crippen molar-refractivity contribution >= 4 is 17.6 Å². The fourth-order valence-corrected chi connectivity index (χ4v) is 1.01. The zero-order chi connectivity index (χ0) is 10.6. The molecule has 1 radical (unpaired) electrons. The molecule has 0 aliphatic rings. The minimum atomic E-state index is -0.317. The molecule has 0 aromatic heterocycles. The molecule has 3 heteroatoms. The predicted molar refractivity (Wildman–Crippen MR) is 56.3 cm³/mol. The van der Waals surface area contributed by atoms with E-state index < -0.39 is 0 Å². The van der Waals surface area contributed by atoms with E-state index in [1.165, 1.54) is 0 Å². The molecule has 1 aromatic carbocycles. The van der Waals surface area contributed by atoms with E-state index in [2.05, 4.69) is 0 Å². The van der Waals surface area contributed by atoms with Crippen molar-refractivity contribution in [2.75, 3.05) is 6.61 Å². The average Bonchev–Trinajstić information content (AvgIpc) is 2.15. The number of carbonyl (C=O) groups excluding carboxylic acids is 1. The lowest BCUT2D eigenvalue weighted by Gasteiger charge is -2.06. The smallest absolute Gasteiger partial charge is 0.338 e. The minimum Gasteiger partial charge on any atom is -0.462 e. The van der Waals surface area contributed by atoms with Gasteiger partial charge in [0.05, 0.1) is 12.2 Å². The Morgan fingerprint density at radius 1 is 1.29 bits per heavy atom. The van der Waals surface area contributed by atoms with Crippen LogP contribution < -0.4 is 0 Å². The van der Waals surface area contributed by atoms with E-state index in [1.807, 2.05) is 13.8 Å². The maximum Gasteiger partial charge on any atom is 0.338 e. The van der Waals surface area contributed by atoms with Crippen LogP contribution in [0.1, 0.15) is 24.2 Å². The third-order valence-corrected chi connectivity index (χ3v) is 1.82. The van der Waals surface area contributed by atoms with Gasteiger partial charge in [0, 0.05) is 10.9 Å². The zero-order valence-corrected chi connectivity index (χ0v) is 8.97. The van der Waals surface area contributed by atoms with E-state index in [1.54, 1.807) is 24.3 Å². The van der Waals surface area contributed by atoms with Crippen molar-refractivity contribution in [3.8, 4) is 0 Å². The fraction of sp³-hybridized carbons (Fsp3) is 0.273. The van der Waals surface area contributed by atoms with Crippen LogP contribution >= 0.6 is 11.6 Å². The molecule has 1 rings (SSSR count). The summed E-state index contributed by atoms with van der Waals surface area (Å²) in [5, 5.41) is 0.611. The van der Waals surface area contributed by atoms with Crippen LogP contribution in [0.4, 0.5) is 0 Å². The van der Waals surface area contributed by atoms with E-state index in [-0.39, 0.29) is 5.97 Å². The molecular weight excluding hydrogens is 200 g/mol. The lowest BCUT2D eigenvalue weighted by Crippen LogP contribution is -2.08. The third-order valence-electron chi connectivity index (χ3n) is 1.57. The first kappa shape index (κ1) is 11.1. The zero-order valence-electron chi connectivity index (χ0n) is 8.21. The maximum absolute atomic E-state index is 11.4. The molecule has 0 bridgehead atoms. The van der Waals surface area contributed by atoms with Gasteiger partial charge in [0.25, 0.3) is 0 Å². The quantitative estimate of drug-likeness (QED) is 0.719. The number of hydrogen-bond acceptors (Lipinski definition) is 2. The second kappa shape index (κ2) is 5.01. The standard InChI is InChI=1S/C11H12ClO2/c1-8(2)7-14-11(13)9-3-5-10(12)6-4-9/h3-6H,7H2,1-2H3. The first-order valence-corrected chi connectivity index (χ1v) is 4.69. The molecule has 0 aliphatic heterocycles. The molecule has 0 saturated heterocycles. The van der Waals surface area contributed by atoms with Crippen molar-refractivity contribution in [2.45, 2.75) is 13.8 Å². The summed E-state index contributed by atoms with van der Waals surface area (Å²) < 4.78 is 5.01. The summed E-state index contributed by atoms with van der Waals surface area (Å²) in [6.45, 7) is 4.19. The Balaban J connectivity index is 2.57. The number of rotatable bonds is 3. The van der Waals surface area contributed by atoms with Crippen molar-refractivity contribution in [1.82, 2.24) is 0 Å². The van der Waals surface area contributed by atoms with Gasteiger partial charge in [0.15, 0.2) is 0 Å². The molecule has 0 saturated carbocycles. The molecule has 0 unspecified atom stereocenters. The molecule has 0 aliphatic carbocycles. The summed E-state index contributed by atoms with van der Waals surface area (Å²) in [5.41, 5.74) is 0.524. The van der Waals surface area contributed by atoms with Crippen molar-refractivity contribution in [3.05, 3.63) is 40.8 Å². The lowest BCUT2D eigenvalue weighted by atomic mass is 10.2. The van der Waals surface area contributed by atoms with Gasteiger partial charge in [-0.3, -0.25) is 0 Å². The first-order valence-electron chi connectivity index (χ1n) is 4.31. The van der Waals surface area contributed by atoms with Crippen LogP contribution in [-0.2, 0) is 4.74 Å². The number of benzene rings is 1. The van der Waals surface area contributed by atoms with Gasteiger partial charge >= 0.3 is 5.97 Å². The lowest BCUT2D eigenvalue weighted by molar-refractivity contribution is 0.0522. The van der Waals surface area contributed by atoms with Gasteiger partial charge in [0.2, 0.25) is 0 Å². The number of halogens is 1. The van der Waals surface area contributed by atoms with Crippen LogP contribution in [0.15, 0.2) is 24.3 Å². The molecular formula is C11H12ClO2. The molecule has 0 amide bonds. The van der Waals surface area contributed by atoms with Crippen LogP contribution in [0.5, 0.6) is 0 Å². The molecule has 1 aromatic rings. The fourth-order valence-electron chi connectivity index (χ4n) is 0.879. The topological polar surface area (TPSA) is 26.3 Å². The van der Waals surface area contributed by atoms with Crippen LogP contribution in [-0.4, -0.2) is 12.6 Å². The molecule has 14 heavy (non-hydrogen) atoms. The summed E-state index contributed by atoms with van der Waals surface area (Å²) in [6.07, 6.45) is 0. The van der Waals surface area contributed by atoms with E-state index in [0.717, 1.165) is 5.92 Å². The van der Waals surface area contributed by atoms with Gasteiger partial charge < -0.3 is 4.74 Å². The van der Waals surface area contributed by atoms with Crippen LogP contribution in [0.3, 0.4) is 0 Å². The highest BCUT2D eigenvalue weighted by atomic mass is 35.5. The molecule has 0 fully saturated rings. The Morgan fingerprint density at radius 3 is 2.36 bits per heavy atom.